The van der Waals surface area contributed by atoms with Gasteiger partial charge in [-0.3, -0.25) is 5.10 Å². The summed E-state index contributed by atoms with van der Waals surface area (Å²) >= 11 is 3.77. The number of nitrogens with two attached hydrogens (primary N) is 1. The maximum absolute atomic E-state index is 5.03. The smallest absolute Gasteiger partial charge is 0.163 e. The second kappa shape index (κ2) is 2.60. The zero-order valence-corrected chi connectivity index (χ0v) is 5.44. The van der Waals surface area contributed by atoms with Gasteiger partial charge < -0.3 is 10.1 Å². The van der Waals surface area contributed by atoms with Gasteiger partial charge in [-0.05, 0) is 0 Å². The summed E-state index contributed by atoms with van der Waals surface area (Å²) in [5.74, 6) is 6.31. The molecular weight excluding hydrogens is 138 g/mol. The van der Waals surface area contributed by atoms with Crippen molar-refractivity contribution in [1.82, 2.24) is 10.2 Å². The van der Waals surface area contributed by atoms with Crippen molar-refractivity contribution in [2.24, 2.45) is 5.84 Å². The van der Waals surface area contributed by atoms with Crippen LogP contribution in [0.25, 0.3) is 0 Å². The van der Waals surface area contributed by atoms with Crippen molar-refractivity contribution in [2.45, 2.75) is 0 Å². The first-order chi connectivity index (χ1) is 4.36. The molecule has 50 valence electrons. The molecule has 0 fully saturated rings. The van der Waals surface area contributed by atoms with Crippen LogP contribution in [0, 0.1) is 0 Å². The van der Waals surface area contributed by atoms with Crippen LogP contribution in [0.2, 0.25) is 0 Å². The van der Waals surface area contributed by atoms with E-state index in [1.165, 1.54) is 0 Å². The first-order valence-corrected chi connectivity index (χ1v) is 2.73. The molecule has 9 heavy (non-hydrogen) atoms. The monoisotopic (exact) mass is 145 g/mol. The van der Waals surface area contributed by atoms with Gasteiger partial charge in [0, 0.05) is 6.07 Å². The zero-order valence-electron chi connectivity index (χ0n) is 4.55. The molecule has 0 aliphatic heterocycles. The van der Waals surface area contributed by atoms with Crippen molar-refractivity contribution in [3.05, 3.63) is 6.07 Å². The summed E-state index contributed by atoms with van der Waals surface area (Å²) in [4.78, 5) is 0. The number of nitrogens with zero attached hydrogens (tertiary/aromatic N) is 1. The summed E-state index contributed by atoms with van der Waals surface area (Å²) in [5, 5.41) is 6.36. The van der Waals surface area contributed by atoms with E-state index in [2.05, 4.69) is 33.2 Å². The average Bonchev–Trinajstić information content (AvgIpc) is 2.34. The van der Waals surface area contributed by atoms with E-state index in [9.17, 15) is 0 Å². The second-order valence-electron chi connectivity index (χ2n) is 1.42. The molecule has 0 amide bonds. The standard InChI is InChI=1S/C3H7N5S/c4-5-2-1-3(8-9)7-6-2/h1,9H,4H2,(H3,5,6,7,8). The van der Waals surface area contributed by atoms with E-state index in [1.807, 2.05) is 0 Å². The molecule has 0 saturated carbocycles. The quantitative estimate of drug-likeness (QED) is 0.230. The molecule has 1 aromatic rings. The fourth-order valence-corrected chi connectivity index (χ4v) is 0.567. The van der Waals surface area contributed by atoms with Crippen LogP contribution in [-0.4, -0.2) is 10.2 Å². The Labute approximate surface area is 57.5 Å². The van der Waals surface area contributed by atoms with Gasteiger partial charge in [0.05, 0.1) is 0 Å². The first kappa shape index (κ1) is 6.24. The molecule has 0 bridgehead atoms. The number of aromatic amines is 1. The molecule has 0 spiro atoms. The Morgan fingerprint density at radius 1 is 1.78 bits per heavy atom. The molecule has 5 nitrogen and oxygen atoms in total. The molecule has 6 heteroatoms. The number of hydrazine groups is 1. The molecule has 0 aromatic carbocycles. The molecule has 0 aliphatic rings. The minimum atomic E-state index is 0.576. The maximum Gasteiger partial charge on any atom is 0.163 e. The predicted octanol–water partition coefficient (Wildman–Crippen LogP) is -0.0480. The SMILES string of the molecule is NNc1cc(NS)[nH]n1. The number of rotatable bonds is 2. The Bertz CT molecular complexity index is 166. The Balaban J connectivity index is 2.74. The Hall–Kier alpha value is -0.880. The summed E-state index contributed by atoms with van der Waals surface area (Å²) in [6, 6.07) is 1.69. The van der Waals surface area contributed by atoms with Gasteiger partial charge in [-0.15, -0.1) is 0 Å². The highest BCUT2D eigenvalue weighted by molar-refractivity contribution is 7.81. The van der Waals surface area contributed by atoms with Crippen LogP contribution >= 0.6 is 12.8 Å². The summed E-state index contributed by atoms with van der Waals surface area (Å²) in [6.07, 6.45) is 0. The summed E-state index contributed by atoms with van der Waals surface area (Å²) in [6.45, 7) is 0. The van der Waals surface area contributed by atoms with Crippen LogP contribution in [-0.2, 0) is 0 Å². The largest absolute Gasteiger partial charge is 0.317 e. The van der Waals surface area contributed by atoms with E-state index < -0.39 is 0 Å². The highest BCUT2D eigenvalue weighted by atomic mass is 32.1. The fourth-order valence-electron chi connectivity index (χ4n) is 0.453. The lowest BCUT2D eigenvalue weighted by molar-refractivity contribution is 1.08. The van der Waals surface area contributed by atoms with Gasteiger partial charge in [0.2, 0.25) is 0 Å². The molecule has 0 unspecified atom stereocenters. The Morgan fingerprint density at radius 2 is 2.56 bits per heavy atom. The van der Waals surface area contributed by atoms with E-state index in [1.54, 1.807) is 6.07 Å². The zero-order chi connectivity index (χ0) is 6.69. The van der Waals surface area contributed by atoms with Crippen LogP contribution < -0.4 is 16.0 Å². The third-order valence-electron chi connectivity index (χ3n) is 0.846. The van der Waals surface area contributed by atoms with Crippen LogP contribution in [0.4, 0.5) is 11.6 Å². The number of aromatic nitrogens is 2. The lowest BCUT2D eigenvalue weighted by atomic mass is 10.6. The molecule has 0 aliphatic carbocycles. The van der Waals surface area contributed by atoms with Crippen molar-refractivity contribution in [3.8, 4) is 0 Å². The van der Waals surface area contributed by atoms with Crippen molar-refractivity contribution in [2.75, 3.05) is 10.1 Å². The van der Waals surface area contributed by atoms with Gasteiger partial charge in [0.25, 0.3) is 0 Å². The number of H-pyrrole nitrogens is 1. The van der Waals surface area contributed by atoms with Gasteiger partial charge in [-0.25, -0.2) is 5.84 Å². The molecule has 0 atom stereocenters. The summed E-state index contributed by atoms with van der Waals surface area (Å²) in [5.41, 5.74) is 2.37. The average molecular weight is 145 g/mol. The molecule has 0 saturated heterocycles. The molecule has 1 aromatic heterocycles. The highest BCUT2D eigenvalue weighted by Crippen LogP contribution is 2.07. The lowest BCUT2D eigenvalue weighted by Crippen LogP contribution is -2.06. The van der Waals surface area contributed by atoms with Gasteiger partial charge in [0.1, 0.15) is 5.82 Å². The van der Waals surface area contributed by atoms with Crippen LogP contribution in [0.15, 0.2) is 6.07 Å². The number of thiol groups is 1. The number of nitrogen functional groups attached to an aromatic ring is 1. The lowest BCUT2D eigenvalue weighted by Gasteiger charge is -1.86. The van der Waals surface area contributed by atoms with Crippen molar-refractivity contribution in [1.29, 1.82) is 0 Å². The van der Waals surface area contributed by atoms with E-state index in [0.717, 1.165) is 0 Å². The van der Waals surface area contributed by atoms with Gasteiger partial charge in [-0.1, -0.05) is 12.8 Å². The van der Waals surface area contributed by atoms with Gasteiger partial charge >= 0.3 is 0 Å². The topological polar surface area (TPSA) is 78.8 Å². The van der Waals surface area contributed by atoms with E-state index in [4.69, 9.17) is 5.84 Å². The number of nitrogens with one attached hydrogen (secondary N) is 3. The van der Waals surface area contributed by atoms with Crippen molar-refractivity contribution >= 4 is 24.5 Å². The third-order valence-corrected chi connectivity index (χ3v) is 1.09. The minimum Gasteiger partial charge on any atom is -0.317 e. The number of hydrogen-bond donors (Lipinski definition) is 5. The predicted molar refractivity (Wildman–Crippen MR) is 39.0 cm³/mol. The Morgan fingerprint density at radius 3 is 2.89 bits per heavy atom. The normalized spacial score (nSPS) is 9.11. The third kappa shape index (κ3) is 1.27. The van der Waals surface area contributed by atoms with E-state index >= 15 is 0 Å². The van der Waals surface area contributed by atoms with E-state index in [-0.39, 0.29) is 0 Å². The maximum atomic E-state index is 5.03. The van der Waals surface area contributed by atoms with Crippen molar-refractivity contribution in [3.63, 3.8) is 0 Å². The number of anilines is 2. The molecular formula is C3H7N5S. The minimum absolute atomic E-state index is 0.576. The number of hydrogen-bond acceptors (Lipinski definition) is 5. The van der Waals surface area contributed by atoms with Crippen molar-refractivity contribution < 1.29 is 0 Å². The van der Waals surface area contributed by atoms with Gasteiger partial charge in [-0.2, -0.15) is 5.10 Å². The van der Waals surface area contributed by atoms with Crippen LogP contribution in [0.3, 0.4) is 0 Å². The molecule has 1 rings (SSSR count). The van der Waals surface area contributed by atoms with Crippen LogP contribution in [0.5, 0.6) is 0 Å². The molecule has 5 N–H and O–H groups in total. The summed E-state index contributed by atoms with van der Waals surface area (Å²) < 4.78 is 2.56. The highest BCUT2D eigenvalue weighted by Gasteiger charge is 1.93. The second-order valence-corrected chi connectivity index (χ2v) is 1.65. The fraction of sp³-hybridized carbons (Fsp3) is 0. The Kier molecular flexibility index (Phi) is 1.81. The molecule has 1 heterocycles. The first-order valence-electron chi connectivity index (χ1n) is 2.29. The van der Waals surface area contributed by atoms with Gasteiger partial charge in [0.15, 0.2) is 5.82 Å². The van der Waals surface area contributed by atoms with Crippen LogP contribution in [0.1, 0.15) is 0 Å². The molecule has 0 radical (unpaired) electrons. The summed E-state index contributed by atoms with van der Waals surface area (Å²) in [7, 11) is 0. The van der Waals surface area contributed by atoms with E-state index in [0.29, 0.717) is 11.6 Å².